The number of anilines is 3. The molecule has 1 atom stereocenters. The van der Waals surface area contributed by atoms with Crippen LogP contribution in [0, 0.1) is 0 Å². The van der Waals surface area contributed by atoms with Crippen molar-refractivity contribution < 1.29 is 22.0 Å². The second-order valence-corrected chi connectivity index (χ2v) is 13.9. The second-order valence-electron chi connectivity index (χ2n) is 7.26. The minimum atomic E-state index is -3.60. The number of hydrogen-bond donors (Lipinski definition) is 2. The summed E-state index contributed by atoms with van der Waals surface area (Å²) in [6.07, 6.45) is 0. The maximum atomic E-state index is 13.2. The molecule has 8 nitrogen and oxygen atoms in total. The molecule has 186 valence electrons. The van der Waals surface area contributed by atoms with Crippen LogP contribution < -0.4 is 9.62 Å². The van der Waals surface area contributed by atoms with Crippen LogP contribution in [0.1, 0.15) is 10.4 Å². The van der Waals surface area contributed by atoms with E-state index in [1.807, 2.05) is 0 Å². The summed E-state index contributed by atoms with van der Waals surface area (Å²) in [4.78, 5) is 13.3. The van der Waals surface area contributed by atoms with E-state index in [1.54, 1.807) is 36.0 Å². The molecule has 0 aliphatic carbocycles. The maximum Gasteiger partial charge on any atom is 0.267 e. The Labute approximate surface area is 227 Å². The van der Waals surface area contributed by atoms with Gasteiger partial charge in [-0.1, -0.05) is 27.5 Å². The van der Waals surface area contributed by atoms with Crippen molar-refractivity contribution in [2.75, 3.05) is 34.2 Å². The van der Waals surface area contributed by atoms with Crippen molar-refractivity contribution in [1.29, 1.82) is 0 Å². The van der Waals surface area contributed by atoms with Crippen molar-refractivity contribution in [1.82, 2.24) is 4.31 Å². The number of nitrogens with zero attached hydrogens (tertiary/aromatic N) is 2. The number of halogens is 2. The lowest BCUT2D eigenvalue weighted by atomic mass is 10.1. The van der Waals surface area contributed by atoms with Gasteiger partial charge in [-0.15, -0.1) is 11.3 Å². The molecule has 1 aromatic heterocycles. The highest BCUT2D eigenvalue weighted by Crippen LogP contribution is 2.38. The Morgan fingerprint density at radius 1 is 1.11 bits per heavy atom. The van der Waals surface area contributed by atoms with E-state index in [9.17, 15) is 22.0 Å². The van der Waals surface area contributed by atoms with E-state index in [0.29, 0.717) is 32.6 Å². The number of thioether (sulfide) groups is 1. The van der Waals surface area contributed by atoms with Crippen LogP contribution in [0.3, 0.4) is 0 Å². The number of carbonyl (C=O) groups excluding carboxylic acids is 1. The molecule has 1 unspecified atom stereocenters. The third-order valence-corrected chi connectivity index (χ3v) is 10.4. The van der Waals surface area contributed by atoms with E-state index in [2.05, 4.69) is 21.2 Å². The van der Waals surface area contributed by atoms with Gasteiger partial charge in [-0.05, 0) is 54.6 Å². The highest BCUT2D eigenvalue weighted by atomic mass is 79.9. The van der Waals surface area contributed by atoms with Crippen molar-refractivity contribution >= 4 is 94.2 Å². The quantitative estimate of drug-likeness (QED) is 0.335. The fraction of sp³-hybridized carbons (Fsp3) is 0.190. The maximum absolute atomic E-state index is 13.2. The Balaban J connectivity index is 1.60. The lowest BCUT2D eigenvalue weighted by Gasteiger charge is -2.25. The topological polar surface area (TPSA) is 107 Å². The Hall–Kier alpha value is -1.45. The molecule has 1 amide bonds. The summed E-state index contributed by atoms with van der Waals surface area (Å²) in [5, 5.41) is 3.12. The standard InChI is InChI=1S/C21H19BrClN3O5S4/c22-14-1-6-18(26(34(28)29)20-8-7-19(23)33-20)17(13-14)21(27)24-15-2-4-16(5-3-15)35(30,31)25-9-11-32-12-10-25/h1-8,13H,9-12H2,(H,24,27)(H,28,29). The SMILES string of the molecule is O=C(Nc1ccc(S(=O)(=O)N2CCSCC2)cc1)c1cc(Br)ccc1N(c1ccc(Cl)s1)S(=O)O. The van der Waals surface area contributed by atoms with E-state index in [4.69, 9.17) is 11.6 Å². The smallest absolute Gasteiger partial charge is 0.267 e. The minimum Gasteiger partial charge on any atom is -0.322 e. The highest BCUT2D eigenvalue weighted by Gasteiger charge is 2.27. The van der Waals surface area contributed by atoms with Gasteiger partial charge in [0, 0.05) is 34.8 Å². The van der Waals surface area contributed by atoms with E-state index >= 15 is 0 Å². The predicted octanol–water partition coefficient (Wildman–Crippen LogP) is 5.43. The van der Waals surface area contributed by atoms with Gasteiger partial charge in [0.1, 0.15) is 5.00 Å². The lowest BCUT2D eigenvalue weighted by Crippen LogP contribution is -2.37. The number of nitrogens with one attached hydrogen (secondary N) is 1. The molecular weight excluding hydrogens is 618 g/mol. The lowest BCUT2D eigenvalue weighted by molar-refractivity contribution is 0.102. The molecule has 1 fully saturated rings. The largest absolute Gasteiger partial charge is 0.322 e. The number of amides is 1. The molecule has 1 aliphatic rings. The molecule has 3 aromatic rings. The second kappa shape index (κ2) is 11.3. The fourth-order valence-electron chi connectivity index (χ4n) is 3.41. The molecule has 0 saturated carbocycles. The van der Waals surface area contributed by atoms with Crippen molar-refractivity contribution in [2.45, 2.75) is 4.90 Å². The number of hydrogen-bond acceptors (Lipinski definition) is 6. The third kappa shape index (κ3) is 6.10. The number of carbonyl (C=O) groups is 1. The van der Waals surface area contributed by atoms with Crippen LogP contribution in [-0.4, -0.2) is 52.0 Å². The Bertz CT molecular complexity index is 1360. The van der Waals surface area contributed by atoms with Gasteiger partial charge >= 0.3 is 0 Å². The first-order valence-corrected chi connectivity index (χ1v) is 15.8. The molecule has 0 bridgehead atoms. The van der Waals surface area contributed by atoms with Gasteiger partial charge in [-0.25, -0.2) is 16.9 Å². The van der Waals surface area contributed by atoms with Crippen molar-refractivity contribution in [3.8, 4) is 0 Å². The van der Waals surface area contributed by atoms with Gasteiger partial charge in [0.15, 0.2) is 0 Å². The summed E-state index contributed by atoms with van der Waals surface area (Å²) < 4.78 is 51.5. The molecular formula is C21H19BrClN3O5S4. The average molecular weight is 637 g/mol. The number of benzene rings is 2. The van der Waals surface area contributed by atoms with Gasteiger partial charge in [0.25, 0.3) is 17.2 Å². The summed E-state index contributed by atoms with van der Waals surface area (Å²) in [5.41, 5.74) is 0.714. The molecule has 14 heteroatoms. The Kier molecular flexibility index (Phi) is 8.59. The fourth-order valence-corrected chi connectivity index (χ4v) is 8.14. The van der Waals surface area contributed by atoms with E-state index in [1.165, 1.54) is 34.6 Å². The highest BCUT2D eigenvalue weighted by molar-refractivity contribution is 9.10. The average Bonchev–Trinajstić information content (AvgIpc) is 3.26. The number of sulfonamides is 1. The summed E-state index contributed by atoms with van der Waals surface area (Å²) in [5.74, 6) is 0.980. The molecule has 35 heavy (non-hydrogen) atoms. The number of thiophene rings is 1. The Morgan fingerprint density at radius 3 is 2.40 bits per heavy atom. The van der Waals surface area contributed by atoms with Crippen LogP contribution in [0.4, 0.5) is 16.4 Å². The summed E-state index contributed by atoms with van der Waals surface area (Å²) in [7, 11) is -3.60. The van der Waals surface area contributed by atoms with Gasteiger partial charge in [0.2, 0.25) is 10.0 Å². The Morgan fingerprint density at radius 2 is 1.80 bits per heavy atom. The zero-order valence-electron chi connectivity index (χ0n) is 17.9. The number of rotatable bonds is 7. The molecule has 2 aromatic carbocycles. The summed E-state index contributed by atoms with van der Waals surface area (Å²) in [6, 6.07) is 13.9. The zero-order chi connectivity index (χ0) is 25.2. The summed E-state index contributed by atoms with van der Waals surface area (Å²) >= 11 is 9.69. The monoisotopic (exact) mass is 635 g/mol. The van der Waals surface area contributed by atoms with E-state index < -0.39 is 27.2 Å². The third-order valence-electron chi connectivity index (χ3n) is 5.06. The predicted molar refractivity (Wildman–Crippen MR) is 147 cm³/mol. The summed E-state index contributed by atoms with van der Waals surface area (Å²) in [6.45, 7) is 0.935. The van der Waals surface area contributed by atoms with Crippen LogP contribution in [-0.2, 0) is 21.3 Å². The zero-order valence-corrected chi connectivity index (χ0v) is 23.5. The molecule has 4 rings (SSSR count). The van der Waals surface area contributed by atoms with Gasteiger partial charge in [0.05, 0.1) is 20.5 Å². The van der Waals surface area contributed by atoms with Gasteiger partial charge in [-0.3, -0.25) is 9.35 Å². The normalized spacial score (nSPS) is 15.5. The molecule has 1 saturated heterocycles. The van der Waals surface area contributed by atoms with Crippen molar-refractivity contribution in [2.24, 2.45) is 0 Å². The van der Waals surface area contributed by atoms with E-state index in [0.717, 1.165) is 27.1 Å². The van der Waals surface area contributed by atoms with Crippen LogP contribution in [0.2, 0.25) is 4.34 Å². The molecule has 2 N–H and O–H groups in total. The van der Waals surface area contributed by atoms with Crippen molar-refractivity contribution in [3.05, 3.63) is 69.0 Å². The van der Waals surface area contributed by atoms with Gasteiger partial charge < -0.3 is 5.32 Å². The van der Waals surface area contributed by atoms with Crippen LogP contribution >= 0.6 is 50.6 Å². The molecule has 1 aliphatic heterocycles. The first kappa shape index (κ1) is 26.6. The van der Waals surface area contributed by atoms with Gasteiger partial charge in [-0.2, -0.15) is 16.1 Å². The van der Waals surface area contributed by atoms with Crippen LogP contribution in [0.5, 0.6) is 0 Å². The molecule has 0 spiro atoms. The first-order chi connectivity index (χ1) is 16.7. The van der Waals surface area contributed by atoms with Crippen molar-refractivity contribution in [3.63, 3.8) is 0 Å². The molecule has 0 radical (unpaired) electrons. The molecule has 2 heterocycles. The van der Waals surface area contributed by atoms with Crippen LogP contribution in [0.15, 0.2) is 64.0 Å². The van der Waals surface area contributed by atoms with E-state index in [-0.39, 0.29) is 16.1 Å². The first-order valence-electron chi connectivity index (χ1n) is 10.1. The minimum absolute atomic E-state index is 0.133. The van der Waals surface area contributed by atoms with Crippen LogP contribution in [0.25, 0.3) is 0 Å².